The Labute approximate surface area is 217 Å². The number of aromatic amines is 1. The number of nitrogens with one attached hydrogen (secondary N) is 1. The number of rotatable bonds is 6. The van der Waals surface area contributed by atoms with Gasteiger partial charge in [0.2, 0.25) is 0 Å². The van der Waals surface area contributed by atoms with E-state index in [-0.39, 0.29) is 5.56 Å². The Morgan fingerprint density at radius 1 is 1.08 bits per heavy atom. The van der Waals surface area contributed by atoms with E-state index in [0.717, 1.165) is 35.0 Å². The third-order valence-electron chi connectivity index (χ3n) is 5.88. The van der Waals surface area contributed by atoms with Gasteiger partial charge in [0.05, 0.1) is 16.7 Å². The summed E-state index contributed by atoms with van der Waals surface area (Å²) >= 11 is 0. The zero-order valence-electron chi connectivity index (χ0n) is 19.8. The van der Waals surface area contributed by atoms with E-state index < -0.39 is 71.1 Å². The highest BCUT2D eigenvalue weighted by Crippen LogP contribution is 2.39. The van der Waals surface area contributed by atoms with Crippen molar-refractivity contribution in [2.75, 3.05) is 6.61 Å². The molecule has 4 atom stereocenters. The first-order chi connectivity index (χ1) is 18.4. The molecule has 1 aliphatic rings. The zero-order valence-corrected chi connectivity index (χ0v) is 19.8. The Balaban J connectivity index is 1.67. The summed E-state index contributed by atoms with van der Waals surface area (Å²) in [5.74, 6) is -0.109. The molecule has 10 nitrogen and oxygen atoms in total. The van der Waals surface area contributed by atoms with Gasteiger partial charge in [-0.05, 0) is 30.3 Å². The maximum atomic E-state index is 13.2. The van der Waals surface area contributed by atoms with Crippen LogP contribution >= 0.6 is 0 Å². The average molecular weight is 544 g/mol. The summed E-state index contributed by atoms with van der Waals surface area (Å²) in [4.78, 5) is 51.3. The van der Waals surface area contributed by atoms with Gasteiger partial charge in [0.15, 0.2) is 17.9 Å². The molecule has 0 bridgehead atoms. The van der Waals surface area contributed by atoms with Crippen LogP contribution < -0.4 is 11.2 Å². The summed E-state index contributed by atoms with van der Waals surface area (Å²) in [5, 5.41) is 11.4. The van der Waals surface area contributed by atoms with Crippen molar-refractivity contribution in [3.63, 3.8) is 0 Å². The molecule has 1 fully saturated rings. The molecule has 0 aliphatic carbocycles. The smallest absolute Gasteiger partial charge is 0.416 e. The van der Waals surface area contributed by atoms with Gasteiger partial charge in [-0.15, -0.1) is 6.42 Å². The van der Waals surface area contributed by atoms with E-state index >= 15 is 0 Å². The Bertz CT molecular complexity index is 1540. The lowest BCUT2D eigenvalue weighted by Gasteiger charge is -2.28. The average Bonchev–Trinajstić information content (AvgIpc) is 3.18. The number of halogens is 3. The van der Waals surface area contributed by atoms with Gasteiger partial charge in [0.25, 0.3) is 5.56 Å². The van der Waals surface area contributed by atoms with E-state index in [1.54, 1.807) is 18.2 Å². The van der Waals surface area contributed by atoms with Crippen molar-refractivity contribution in [1.82, 2.24) is 9.55 Å². The first kappa shape index (κ1) is 27.4. The van der Waals surface area contributed by atoms with Crippen molar-refractivity contribution in [3.05, 3.63) is 104 Å². The Hall–Kier alpha value is -4.67. The molecule has 3 aromatic rings. The van der Waals surface area contributed by atoms with Crippen LogP contribution in [0, 0.1) is 12.3 Å². The monoisotopic (exact) mass is 544 g/mol. The molecular weight excluding hydrogens is 525 g/mol. The van der Waals surface area contributed by atoms with Crippen LogP contribution in [0.5, 0.6) is 0 Å². The van der Waals surface area contributed by atoms with E-state index in [0.29, 0.717) is 6.07 Å². The van der Waals surface area contributed by atoms with Crippen molar-refractivity contribution >= 4 is 11.9 Å². The van der Waals surface area contributed by atoms with Gasteiger partial charge in [-0.3, -0.25) is 14.3 Å². The highest BCUT2D eigenvalue weighted by molar-refractivity contribution is 5.90. The molecular formula is C26H19F3N2O8. The number of benzene rings is 2. The van der Waals surface area contributed by atoms with Crippen molar-refractivity contribution in [3.8, 4) is 12.3 Å². The molecule has 0 unspecified atom stereocenters. The molecule has 2 heterocycles. The Kier molecular flexibility index (Phi) is 7.44. The fourth-order valence-corrected chi connectivity index (χ4v) is 3.89. The summed E-state index contributed by atoms with van der Waals surface area (Å²) in [6, 6.07) is 12.0. The number of terminal acetylenes is 1. The number of aliphatic hydroxyl groups is 1. The summed E-state index contributed by atoms with van der Waals surface area (Å²) in [6.45, 7) is -0.666. The lowest BCUT2D eigenvalue weighted by atomic mass is 9.93. The molecule has 2 N–H and O–H groups in total. The Morgan fingerprint density at radius 3 is 2.41 bits per heavy atom. The fraction of sp³-hybridized carbons (Fsp3) is 0.231. The van der Waals surface area contributed by atoms with E-state index in [9.17, 15) is 37.5 Å². The van der Waals surface area contributed by atoms with E-state index in [1.165, 1.54) is 12.1 Å². The molecule has 1 aromatic heterocycles. The number of aromatic nitrogens is 2. The number of alkyl halides is 3. The number of carbonyl (C=O) groups excluding carboxylic acids is 2. The quantitative estimate of drug-likeness (QED) is 0.355. The van der Waals surface area contributed by atoms with Crippen LogP contribution in [0.15, 0.2) is 76.4 Å². The van der Waals surface area contributed by atoms with Crippen LogP contribution in [-0.4, -0.2) is 51.0 Å². The minimum Gasteiger partial charge on any atom is -0.459 e. The third-order valence-corrected chi connectivity index (χ3v) is 5.88. The molecule has 0 radical (unpaired) electrons. The number of hydrogen-bond donors (Lipinski definition) is 2. The van der Waals surface area contributed by atoms with E-state index in [1.807, 2.05) is 10.9 Å². The first-order valence-corrected chi connectivity index (χ1v) is 11.2. The van der Waals surface area contributed by atoms with Crippen LogP contribution in [0.25, 0.3) is 0 Å². The SMILES string of the molecule is C#C[C@@]1(O)[C@@H](COC(=O)c2ccccc2)O[C@@H](n2ccc(=O)[nH]c2=O)[C@@H]1OC(=O)c1cccc(C(F)(F)F)c1. The van der Waals surface area contributed by atoms with Crippen LogP contribution in [0.2, 0.25) is 0 Å². The normalized spacial score (nSPS) is 22.6. The van der Waals surface area contributed by atoms with Crippen LogP contribution in [-0.2, 0) is 20.4 Å². The maximum Gasteiger partial charge on any atom is 0.416 e. The molecule has 0 saturated carbocycles. The van der Waals surface area contributed by atoms with Crippen molar-refractivity contribution < 1.29 is 42.1 Å². The van der Waals surface area contributed by atoms with Gasteiger partial charge < -0.3 is 19.3 Å². The van der Waals surface area contributed by atoms with Gasteiger partial charge >= 0.3 is 23.8 Å². The number of ether oxygens (including phenoxy) is 3. The number of hydrogen-bond acceptors (Lipinski definition) is 8. The zero-order chi connectivity index (χ0) is 28.4. The molecule has 13 heteroatoms. The van der Waals surface area contributed by atoms with Gasteiger partial charge in [-0.1, -0.05) is 30.2 Å². The molecule has 2 aromatic carbocycles. The second-order valence-electron chi connectivity index (χ2n) is 8.37. The first-order valence-electron chi connectivity index (χ1n) is 11.2. The predicted octanol–water partition coefficient (Wildman–Crippen LogP) is 1.90. The summed E-state index contributed by atoms with van der Waals surface area (Å²) in [5.41, 5.74) is -5.84. The van der Waals surface area contributed by atoms with E-state index in [4.69, 9.17) is 20.6 Å². The second-order valence-corrected chi connectivity index (χ2v) is 8.37. The van der Waals surface area contributed by atoms with Crippen molar-refractivity contribution in [1.29, 1.82) is 0 Å². The van der Waals surface area contributed by atoms with Gasteiger partial charge in [-0.25, -0.2) is 14.4 Å². The number of esters is 2. The standard InChI is InChI=1S/C26H19F3N2O8/c1-2-25(36)18(14-37-22(33)15-7-4-3-5-8-15)38-21(31-12-11-19(32)30-24(31)35)20(25)39-23(34)16-9-6-10-17(13-16)26(27,28)29/h1,3-13,18,20-21,36H,14H2,(H,30,32,35)/t18-,20+,21-,25-/m1/s1. The maximum absolute atomic E-state index is 13.2. The molecule has 4 rings (SSSR count). The summed E-state index contributed by atoms with van der Waals surface area (Å²) in [6.07, 6.45) is -3.36. The lowest BCUT2D eigenvalue weighted by Crippen LogP contribution is -2.50. The minimum atomic E-state index is -4.76. The number of nitrogens with zero attached hydrogens (tertiary/aromatic N) is 1. The largest absolute Gasteiger partial charge is 0.459 e. The molecule has 1 saturated heterocycles. The Morgan fingerprint density at radius 2 is 1.77 bits per heavy atom. The molecule has 202 valence electrons. The van der Waals surface area contributed by atoms with Gasteiger partial charge in [0.1, 0.15) is 12.7 Å². The highest BCUT2D eigenvalue weighted by Gasteiger charge is 2.59. The molecule has 0 amide bonds. The van der Waals surface area contributed by atoms with Crippen molar-refractivity contribution in [2.45, 2.75) is 30.2 Å². The van der Waals surface area contributed by atoms with Gasteiger partial charge in [-0.2, -0.15) is 13.2 Å². The third kappa shape index (κ3) is 5.62. The van der Waals surface area contributed by atoms with E-state index in [2.05, 4.69) is 0 Å². The van der Waals surface area contributed by atoms with Crippen LogP contribution in [0.3, 0.4) is 0 Å². The lowest BCUT2D eigenvalue weighted by molar-refractivity contribution is -0.137. The number of carbonyl (C=O) groups is 2. The van der Waals surface area contributed by atoms with Crippen molar-refractivity contribution in [2.24, 2.45) is 0 Å². The molecule has 39 heavy (non-hydrogen) atoms. The summed E-state index contributed by atoms with van der Waals surface area (Å²) < 4.78 is 56.4. The predicted molar refractivity (Wildman–Crippen MR) is 126 cm³/mol. The number of H-pyrrole nitrogens is 1. The topological polar surface area (TPSA) is 137 Å². The van der Waals surface area contributed by atoms with Crippen LogP contribution in [0.1, 0.15) is 32.5 Å². The van der Waals surface area contributed by atoms with Gasteiger partial charge in [0, 0.05) is 12.3 Å². The molecule has 0 spiro atoms. The highest BCUT2D eigenvalue weighted by atomic mass is 19.4. The summed E-state index contributed by atoms with van der Waals surface area (Å²) in [7, 11) is 0. The molecule has 1 aliphatic heterocycles. The second kappa shape index (κ2) is 10.6. The fourth-order valence-electron chi connectivity index (χ4n) is 3.89. The minimum absolute atomic E-state index is 0.167. The van der Waals surface area contributed by atoms with Crippen LogP contribution in [0.4, 0.5) is 13.2 Å².